The molecule has 3 aromatic heterocycles. The van der Waals surface area contributed by atoms with E-state index in [0.717, 1.165) is 71.6 Å². The number of aromatic nitrogens is 4. The molecule has 0 N–H and O–H groups in total. The predicted molar refractivity (Wildman–Crippen MR) is 199 cm³/mol. The van der Waals surface area contributed by atoms with Gasteiger partial charge in [-0.1, -0.05) is 133 Å². The van der Waals surface area contributed by atoms with Crippen molar-refractivity contribution < 1.29 is 8.83 Å². The summed E-state index contributed by atoms with van der Waals surface area (Å²) in [6.07, 6.45) is 0. The molecule has 6 heteroatoms. The van der Waals surface area contributed by atoms with Gasteiger partial charge in [-0.15, -0.1) is 0 Å². The Morgan fingerprint density at radius 2 is 0.860 bits per heavy atom. The van der Waals surface area contributed by atoms with Crippen LogP contribution in [0.1, 0.15) is 0 Å². The lowest BCUT2D eigenvalue weighted by Gasteiger charge is -2.11. The molecule has 0 aliphatic rings. The molecule has 3 heterocycles. The molecule has 0 radical (unpaired) electrons. The molecule has 0 amide bonds. The lowest BCUT2D eigenvalue weighted by Crippen LogP contribution is -2.00. The highest BCUT2D eigenvalue weighted by Crippen LogP contribution is 2.38. The van der Waals surface area contributed by atoms with Crippen molar-refractivity contribution in [2.75, 3.05) is 0 Å². The molecule has 7 aromatic carbocycles. The van der Waals surface area contributed by atoms with Crippen LogP contribution in [0.2, 0.25) is 0 Å². The monoisotopic (exact) mass is 642 g/mol. The second-order valence-corrected chi connectivity index (χ2v) is 12.3. The van der Waals surface area contributed by atoms with Gasteiger partial charge in [-0.25, -0.2) is 19.9 Å². The fourth-order valence-corrected chi connectivity index (χ4v) is 6.75. The summed E-state index contributed by atoms with van der Waals surface area (Å²) in [6.45, 7) is 0. The molecule has 0 atom stereocenters. The highest BCUT2D eigenvalue weighted by Gasteiger charge is 2.17. The van der Waals surface area contributed by atoms with Gasteiger partial charge in [0.05, 0.1) is 0 Å². The molecule has 0 bridgehead atoms. The third kappa shape index (κ3) is 4.73. The maximum atomic E-state index is 6.37. The molecule has 0 aliphatic carbocycles. The standard InChI is InChI=1S/C44H26N4O2/c1-3-11-28(12-4-1)41-46-42(29-13-5-2-6-14-29)48-43(47-41)30-23-21-27(22-24-30)31-16-9-18-33-32(31)17-10-19-35(33)44-45-37-25-36-34-15-7-8-20-38(34)49-39(36)26-40(37)50-44/h1-26H. The molecule has 0 unspecified atom stereocenters. The molecule has 234 valence electrons. The van der Waals surface area contributed by atoms with Crippen LogP contribution in [0.25, 0.3) is 101 Å². The van der Waals surface area contributed by atoms with Gasteiger partial charge in [-0.2, -0.15) is 0 Å². The average molecular weight is 643 g/mol. The molecule has 6 nitrogen and oxygen atoms in total. The number of hydrogen-bond donors (Lipinski definition) is 0. The van der Waals surface area contributed by atoms with E-state index in [-0.39, 0.29) is 0 Å². The van der Waals surface area contributed by atoms with Crippen LogP contribution >= 0.6 is 0 Å². The summed E-state index contributed by atoms with van der Waals surface area (Å²) < 4.78 is 12.5. The summed E-state index contributed by atoms with van der Waals surface area (Å²) in [5, 5.41) is 4.27. The normalized spacial score (nSPS) is 11.6. The van der Waals surface area contributed by atoms with E-state index in [0.29, 0.717) is 28.9 Å². The van der Waals surface area contributed by atoms with Crippen LogP contribution in [0, 0.1) is 0 Å². The SMILES string of the molecule is c1ccc(-c2nc(-c3ccccc3)nc(-c3ccc(-c4cccc5c(-c6nc7cc8c(cc7o6)oc6ccccc68)cccc45)cc3)n2)cc1. The summed E-state index contributed by atoms with van der Waals surface area (Å²) in [6, 6.07) is 53.1. The topological polar surface area (TPSA) is 77.8 Å². The molecule has 0 fully saturated rings. The largest absolute Gasteiger partial charge is 0.456 e. The fourth-order valence-electron chi connectivity index (χ4n) is 6.75. The van der Waals surface area contributed by atoms with E-state index >= 15 is 0 Å². The molecule has 10 aromatic rings. The van der Waals surface area contributed by atoms with Crippen LogP contribution in [-0.4, -0.2) is 19.9 Å². The van der Waals surface area contributed by atoms with Gasteiger partial charge in [-0.3, -0.25) is 0 Å². The lowest BCUT2D eigenvalue weighted by atomic mass is 9.95. The Labute approximate surface area is 286 Å². The van der Waals surface area contributed by atoms with Crippen molar-refractivity contribution in [2.24, 2.45) is 0 Å². The second kappa shape index (κ2) is 11.4. The van der Waals surface area contributed by atoms with Gasteiger partial charge in [-0.05, 0) is 40.1 Å². The van der Waals surface area contributed by atoms with Crippen molar-refractivity contribution in [3.05, 3.63) is 158 Å². The zero-order valence-electron chi connectivity index (χ0n) is 26.6. The first-order valence-corrected chi connectivity index (χ1v) is 16.5. The number of nitrogens with zero attached hydrogens (tertiary/aromatic N) is 4. The second-order valence-electron chi connectivity index (χ2n) is 12.3. The Hall–Kier alpha value is -6.92. The molecule has 50 heavy (non-hydrogen) atoms. The van der Waals surface area contributed by atoms with Crippen molar-refractivity contribution in [3.8, 4) is 56.7 Å². The van der Waals surface area contributed by atoms with Gasteiger partial charge in [0, 0.05) is 39.1 Å². The van der Waals surface area contributed by atoms with Gasteiger partial charge in [0.15, 0.2) is 23.1 Å². The first-order valence-electron chi connectivity index (χ1n) is 16.5. The predicted octanol–water partition coefficient (Wildman–Crippen LogP) is 11.4. The van der Waals surface area contributed by atoms with Crippen molar-refractivity contribution in [1.29, 1.82) is 0 Å². The zero-order valence-corrected chi connectivity index (χ0v) is 26.6. The van der Waals surface area contributed by atoms with Crippen LogP contribution in [0.3, 0.4) is 0 Å². The third-order valence-corrected chi connectivity index (χ3v) is 9.19. The molecule has 0 saturated heterocycles. The molecular formula is C44H26N4O2. The molecule has 0 saturated carbocycles. The Morgan fingerprint density at radius 3 is 1.54 bits per heavy atom. The van der Waals surface area contributed by atoms with Crippen molar-refractivity contribution >= 4 is 43.8 Å². The number of furan rings is 1. The minimum atomic E-state index is 0.577. The zero-order chi connectivity index (χ0) is 33.0. The summed E-state index contributed by atoms with van der Waals surface area (Å²) in [5.74, 6) is 2.48. The molecule has 0 spiro atoms. The average Bonchev–Trinajstić information content (AvgIpc) is 3.77. The molecule has 0 aliphatic heterocycles. The van der Waals surface area contributed by atoms with E-state index in [1.54, 1.807) is 0 Å². The van der Waals surface area contributed by atoms with E-state index < -0.39 is 0 Å². The highest BCUT2D eigenvalue weighted by molar-refractivity contribution is 6.09. The maximum Gasteiger partial charge on any atom is 0.227 e. The van der Waals surface area contributed by atoms with E-state index in [4.69, 9.17) is 28.8 Å². The minimum Gasteiger partial charge on any atom is -0.456 e. The number of oxazole rings is 1. The molecular weight excluding hydrogens is 617 g/mol. The highest BCUT2D eigenvalue weighted by atomic mass is 16.4. The number of hydrogen-bond acceptors (Lipinski definition) is 6. The van der Waals surface area contributed by atoms with E-state index in [2.05, 4.69) is 72.8 Å². The first kappa shape index (κ1) is 28.1. The van der Waals surface area contributed by atoms with Gasteiger partial charge >= 0.3 is 0 Å². The van der Waals surface area contributed by atoms with Crippen molar-refractivity contribution in [3.63, 3.8) is 0 Å². The summed E-state index contributed by atoms with van der Waals surface area (Å²) in [7, 11) is 0. The van der Waals surface area contributed by atoms with Crippen LogP contribution < -0.4 is 0 Å². The number of para-hydroxylation sites is 1. The van der Waals surface area contributed by atoms with Gasteiger partial charge < -0.3 is 8.83 Å². The van der Waals surface area contributed by atoms with Gasteiger partial charge in [0.2, 0.25) is 5.89 Å². The summed E-state index contributed by atoms with van der Waals surface area (Å²) in [4.78, 5) is 19.6. The number of rotatable bonds is 5. The Morgan fingerprint density at radius 1 is 0.320 bits per heavy atom. The Bertz CT molecular complexity index is 2800. The summed E-state index contributed by atoms with van der Waals surface area (Å²) >= 11 is 0. The van der Waals surface area contributed by atoms with Crippen LogP contribution in [-0.2, 0) is 0 Å². The van der Waals surface area contributed by atoms with Crippen LogP contribution in [0.15, 0.2) is 167 Å². The van der Waals surface area contributed by atoms with E-state index in [1.807, 2.05) is 84.9 Å². The van der Waals surface area contributed by atoms with E-state index in [9.17, 15) is 0 Å². The minimum absolute atomic E-state index is 0.577. The van der Waals surface area contributed by atoms with Crippen molar-refractivity contribution in [1.82, 2.24) is 19.9 Å². The third-order valence-electron chi connectivity index (χ3n) is 9.19. The lowest BCUT2D eigenvalue weighted by molar-refractivity contribution is 0.618. The summed E-state index contributed by atoms with van der Waals surface area (Å²) in [5.41, 5.74) is 9.07. The van der Waals surface area contributed by atoms with Gasteiger partial charge in [0.1, 0.15) is 16.7 Å². The maximum absolute atomic E-state index is 6.37. The van der Waals surface area contributed by atoms with Crippen LogP contribution in [0.5, 0.6) is 0 Å². The Balaban J connectivity index is 1.04. The van der Waals surface area contributed by atoms with Crippen molar-refractivity contribution in [2.45, 2.75) is 0 Å². The number of benzene rings is 7. The number of fused-ring (bicyclic) bond motifs is 5. The first-order chi connectivity index (χ1) is 24.7. The fraction of sp³-hybridized carbons (Fsp3) is 0. The smallest absolute Gasteiger partial charge is 0.227 e. The van der Waals surface area contributed by atoms with Gasteiger partial charge in [0.25, 0.3) is 0 Å². The van der Waals surface area contributed by atoms with E-state index in [1.165, 1.54) is 0 Å². The molecule has 10 rings (SSSR count). The van der Waals surface area contributed by atoms with Crippen LogP contribution in [0.4, 0.5) is 0 Å². The quantitative estimate of drug-likeness (QED) is 0.186. The Kier molecular flexibility index (Phi) is 6.39.